The highest BCUT2D eigenvalue weighted by Gasteiger charge is 2.35. The summed E-state index contributed by atoms with van der Waals surface area (Å²) in [5.74, 6) is -0.288. The van der Waals surface area contributed by atoms with Crippen LogP contribution in [0, 0.1) is 6.92 Å². The maximum Gasteiger partial charge on any atom is 0.264 e. The summed E-state index contributed by atoms with van der Waals surface area (Å²) in [7, 11) is -2.67. The Balaban J connectivity index is 1.84. The van der Waals surface area contributed by atoms with Crippen molar-refractivity contribution in [2.75, 3.05) is 18.0 Å². The highest BCUT2D eigenvalue weighted by atomic mass is 35.5. The fraction of sp³-hybridized carbons (Fsp3) is 0.278. The highest BCUT2D eigenvalue weighted by Crippen LogP contribution is 2.31. The van der Waals surface area contributed by atoms with E-state index in [9.17, 15) is 18.0 Å². The smallest absolute Gasteiger partial charge is 0.264 e. The first-order valence-corrected chi connectivity index (χ1v) is 17.0. The summed E-state index contributed by atoms with van der Waals surface area (Å²) in [6, 6.07) is 28.5. The van der Waals surface area contributed by atoms with Gasteiger partial charge in [0.15, 0.2) is 0 Å². The summed E-state index contributed by atoms with van der Waals surface area (Å²) in [5.41, 5.74) is 2.36. The molecule has 0 unspecified atom stereocenters. The Morgan fingerprint density at radius 3 is 2.17 bits per heavy atom. The Labute approximate surface area is 277 Å². The number of anilines is 1. The molecule has 0 bridgehead atoms. The fourth-order valence-corrected chi connectivity index (χ4v) is 6.72. The molecule has 0 aromatic heterocycles. The number of hydrogen-bond acceptors (Lipinski definition) is 5. The number of nitrogens with zero attached hydrogens (tertiary/aromatic N) is 2. The van der Waals surface area contributed by atoms with E-state index in [1.54, 1.807) is 62.6 Å². The minimum atomic E-state index is -4.23. The molecule has 46 heavy (non-hydrogen) atoms. The molecule has 0 aliphatic carbocycles. The third-order valence-corrected chi connectivity index (χ3v) is 10.1. The van der Waals surface area contributed by atoms with Crippen LogP contribution in [0.15, 0.2) is 108 Å². The second-order valence-electron chi connectivity index (χ2n) is 11.1. The summed E-state index contributed by atoms with van der Waals surface area (Å²) in [4.78, 5) is 30.1. The van der Waals surface area contributed by atoms with Gasteiger partial charge in [0.1, 0.15) is 18.3 Å². The molecule has 0 radical (unpaired) electrons. The average Bonchev–Trinajstić information content (AvgIpc) is 3.07. The number of sulfonamides is 1. The lowest BCUT2D eigenvalue weighted by molar-refractivity contribution is -0.140. The number of methoxy groups -OCH3 is 1. The lowest BCUT2D eigenvalue weighted by Crippen LogP contribution is -2.54. The molecule has 0 aliphatic heterocycles. The first-order chi connectivity index (χ1) is 22.0. The average molecular weight is 662 g/mol. The molecule has 0 heterocycles. The van der Waals surface area contributed by atoms with Crippen LogP contribution in [0.2, 0.25) is 5.02 Å². The maximum absolute atomic E-state index is 14.6. The molecule has 8 nitrogen and oxygen atoms in total. The maximum atomic E-state index is 14.6. The number of amides is 2. The van der Waals surface area contributed by atoms with E-state index in [4.69, 9.17) is 16.3 Å². The lowest BCUT2D eigenvalue weighted by Gasteiger charge is -2.34. The van der Waals surface area contributed by atoms with Gasteiger partial charge in [0.05, 0.1) is 17.7 Å². The molecule has 2 atom stereocenters. The monoisotopic (exact) mass is 661 g/mol. The van der Waals surface area contributed by atoms with Crippen molar-refractivity contribution in [1.82, 2.24) is 10.2 Å². The summed E-state index contributed by atoms with van der Waals surface area (Å²) in [6.07, 6.45) is 0.922. The first kappa shape index (κ1) is 34.5. The Kier molecular flexibility index (Phi) is 11.8. The Bertz CT molecular complexity index is 1740. The molecule has 0 spiro atoms. The second-order valence-corrected chi connectivity index (χ2v) is 13.4. The van der Waals surface area contributed by atoms with Gasteiger partial charge in [-0.15, -0.1) is 0 Å². The van der Waals surface area contributed by atoms with Crippen LogP contribution in [0.1, 0.15) is 37.0 Å². The summed E-state index contributed by atoms with van der Waals surface area (Å²) in [5, 5.41) is 3.41. The number of hydrogen-bond donors (Lipinski definition) is 1. The van der Waals surface area contributed by atoms with Gasteiger partial charge >= 0.3 is 0 Å². The molecular weight excluding hydrogens is 622 g/mol. The van der Waals surface area contributed by atoms with E-state index in [0.717, 1.165) is 15.4 Å². The summed E-state index contributed by atoms with van der Waals surface area (Å²) < 4.78 is 34.9. The minimum Gasteiger partial charge on any atom is -0.497 e. The molecule has 242 valence electrons. The van der Waals surface area contributed by atoms with Gasteiger partial charge in [-0.2, -0.15) is 0 Å². The van der Waals surface area contributed by atoms with Crippen molar-refractivity contribution in [3.63, 3.8) is 0 Å². The number of ether oxygens (including phenoxy) is 1. The number of nitrogens with one attached hydrogen (secondary N) is 1. The normalized spacial score (nSPS) is 12.5. The third kappa shape index (κ3) is 8.47. The van der Waals surface area contributed by atoms with Crippen molar-refractivity contribution in [1.29, 1.82) is 0 Å². The van der Waals surface area contributed by atoms with Crippen LogP contribution in [-0.2, 0) is 32.6 Å². The van der Waals surface area contributed by atoms with E-state index in [1.807, 2.05) is 56.3 Å². The molecule has 0 saturated heterocycles. The summed E-state index contributed by atoms with van der Waals surface area (Å²) in [6.45, 7) is 5.05. The van der Waals surface area contributed by atoms with Crippen LogP contribution in [-0.4, -0.2) is 50.9 Å². The first-order valence-electron chi connectivity index (χ1n) is 15.1. The molecule has 0 saturated carbocycles. The van der Waals surface area contributed by atoms with Crippen molar-refractivity contribution >= 4 is 39.1 Å². The SMILES string of the molecule is CC[C@@H](C)NC(=O)[C@H](Cc1ccccc1)N(Cc1cccc(OC)c1)C(=O)CN(c1cccc(Cl)c1C)S(=O)(=O)c1ccccc1. The Hall–Kier alpha value is -4.34. The van der Waals surface area contributed by atoms with Crippen molar-refractivity contribution in [3.8, 4) is 5.75 Å². The van der Waals surface area contributed by atoms with E-state index < -0.39 is 28.5 Å². The standard InChI is InChI=1S/C36H40ClN3O5S/c1-5-26(2)38-36(42)34(23-28-14-8-6-9-15-28)39(24-29-16-12-17-30(22-29)45-4)35(41)25-40(33-21-13-20-32(37)27(33)3)46(43,44)31-18-10-7-11-19-31/h6-22,26,34H,5,23-25H2,1-4H3,(H,38,42)/t26-,34+/m1/s1. The predicted molar refractivity (Wildman–Crippen MR) is 183 cm³/mol. The molecule has 0 aliphatic rings. The van der Waals surface area contributed by atoms with E-state index >= 15 is 0 Å². The molecule has 4 aromatic carbocycles. The molecule has 10 heteroatoms. The number of rotatable bonds is 14. The van der Waals surface area contributed by atoms with Crippen molar-refractivity contribution in [3.05, 3.63) is 125 Å². The van der Waals surface area contributed by atoms with Gasteiger partial charge in [0.25, 0.3) is 10.0 Å². The van der Waals surface area contributed by atoms with E-state index in [2.05, 4.69) is 5.32 Å². The van der Waals surface area contributed by atoms with Crippen molar-refractivity contribution in [2.24, 2.45) is 0 Å². The largest absolute Gasteiger partial charge is 0.497 e. The Morgan fingerprint density at radius 2 is 1.52 bits per heavy atom. The van der Waals surface area contributed by atoms with Crippen LogP contribution in [0.3, 0.4) is 0 Å². The number of carbonyl (C=O) groups excluding carboxylic acids is 2. The van der Waals surface area contributed by atoms with Crippen LogP contribution in [0.25, 0.3) is 0 Å². The minimum absolute atomic E-state index is 0.0249. The molecule has 4 rings (SSSR count). The molecule has 2 amide bonds. The van der Waals surface area contributed by atoms with Gasteiger partial charge in [-0.25, -0.2) is 8.42 Å². The van der Waals surface area contributed by atoms with Gasteiger partial charge in [-0.05, 0) is 73.4 Å². The van der Waals surface area contributed by atoms with E-state index in [1.165, 1.54) is 17.0 Å². The van der Waals surface area contributed by atoms with E-state index in [-0.39, 0.29) is 35.5 Å². The van der Waals surface area contributed by atoms with Gasteiger partial charge in [-0.1, -0.05) is 85.3 Å². The van der Waals surface area contributed by atoms with Gasteiger partial charge in [0.2, 0.25) is 11.8 Å². The zero-order valence-corrected chi connectivity index (χ0v) is 28.1. The summed E-state index contributed by atoms with van der Waals surface area (Å²) >= 11 is 6.45. The third-order valence-electron chi connectivity index (χ3n) is 7.88. The quantitative estimate of drug-likeness (QED) is 0.169. The number of carbonyl (C=O) groups is 2. The molecule has 0 fully saturated rings. The fourth-order valence-electron chi connectivity index (χ4n) is 5.06. The zero-order valence-electron chi connectivity index (χ0n) is 26.5. The van der Waals surface area contributed by atoms with Crippen LogP contribution in [0.5, 0.6) is 5.75 Å². The predicted octanol–water partition coefficient (Wildman–Crippen LogP) is 6.41. The van der Waals surface area contributed by atoms with E-state index in [0.29, 0.717) is 22.8 Å². The van der Waals surface area contributed by atoms with Crippen LogP contribution in [0.4, 0.5) is 5.69 Å². The van der Waals surface area contributed by atoms with Crippen molar-refractivity contribution < 1.29 is 22.7 Å². The van der Waals surface area contributed by atoms with Crippen LogP contribution >= 0.6 is 11.6 Å². The van der Waals surface area contributed by atoms with Crippen molar-refractivity contribution in [2.45, 2.75) is 57.1 Å². The topological polar surface area (TPSA) is 96.0 Å². The highest BCUT2D eigenvalue weighted by molar-refractivity contribution is 7.92. The molecule has 4 aromatic rings. The molecular formula is C36H40ClN3O5S. The molecule has 1 N–H and O–H groups in total. The van der Waals surface area contributed by atoms with Gasteiger partial charge in [0, 0.05) is 24.0 Å². The van der Waals surface area contributed by atoms with Gasteiger partial charge in [-0.3, -0.25) is 13.9 Å². The number of benzene rings is 4. The van der Waals surface area contributed by atoms with Crippen LogP contribution < -0.4 is 14.4 Å². The van der Waals surface area contributed by atoms with Gasteiger partial charge < -0.3 is 15.0 Å². The zero-order chi connectivity index (χ0) is 33.3. The lowest BCUT2D eigenvalue weighted by atomic mass is 10.0. The number of halogens is 1. The Morgan fingerprint density at radius 1 is 0.891 bits per heavy atom. The second kappa shape index (κ2) is 15.8.